The molecular weight excluding hydrogens is 327 g/mol. The number of fused-ring (bicyclic) bond motifs is 1. The van der Waals surface area contributed by atoms with Crippen molar-refractivity contribution in [3.63, 3.8) is 0 Å². The van der Waals surface area contributed by atoms with E-state index in [1.807, 2.05) is 6.07 Å². The number of imidazole rings is 1. The summed E-state index contributed by atoms with van der Waals surface area (Å²) in [6, 6.07) is 14.9. The Morgan fingerprint density at radius 1 is 1.15 bits per heavy atom. The molecular formula is C21H23FN4. The Kier molecular flexibility index (Phi) is 4.04. The van der Waals surface area contributed by atoms with Crippen LogP contribution < -0.4 is 10.6 Å². The van der Waals surface area contributed by atoms with Gasteiger partial charge in [0.2, 0.25) is 0 Å². The molecule has 134 valence electrons. The average molecular weight is 350 g/mol. The van der Waals surface area contributed by atoms with Gasteiger partial charge in [0, 0.05) is 17.8 Å². The lowest BCUT2D eigenvalue weighted by Crippen LogP contribution is -2.44. The van der Waals surface area contributed by atoms with Crippen molar-refractivity contribution in [3.05, 3.63) is 65.7 Å². The first-order chi connectivity index (χ1) is 12.4. The third-order valence-electron chi connectivity index (χ3n) is 4.81. The van der Waals surface area contributed by atoms with Gasteiger partial charge in [0.05, 0.1) is 12.1 Å². The first-order valence-corrected chi connectivity index (χ1v) is 8.86. The molecule has 0 amide bonds. The van der Waals surface area contributed by atoms with Gasteiger partial charge in [0.25, 0.3) is 0 Å². The molecule has 0 saturated heterocycles. The van der Waals surface area contributed by atoms with Gasteiger partial charge >= 0.3 is 0 Å². The summed E-state index contributed by atoms with van der Waals surface area (Å²) in [4.78, 5) is 4.84. The van der Waals surface area contributed by atoms with Gasteiger partial charge in [0.15, 0.2) is 0 Å². The molecule has 26 heavy (non-hydrogen) atoms. The van der Waals surface area contributed by atoms with Crippen LogP contribution in [-0.2, 0) is 12.1 Å². The van der Waals surface area contributed by atoms with Gasteiger partial charge in [-0.25, -0.2) is 9.37 Å². The summed E-state index contributed by atoms with van der Waals surface area (Å²) in [5.41, 5.74) is 3.61. The van der Waals surface area contributed by atoms with E-state index in [4.69, 9.17) is 4.98 Å². The fraction of sp³-hybridized carbons (Fsp3) is 0.286. The minimum atomic E-state index is -0.257. The largest absolute Gasteiger partial charge is 0.340 e. The molecule has 4 nitrogen and oxygen atoms in total. The zero-order valence-electron chi connectivity index (χ0n) is 15.3. The van der Waals surface area contributed by atoms with Crippen molar-refractivity contribution in [3.8, 4) is 11.3 Å². The van der Waals surface area contributed by atoms with Gasteiger partial charge in [0.1, 0.15) is 23.2 Å². The van der Waals surface area contributed by atoms with Crippen LogP contribution in [0, 0.1) is 12.7 Å². The maximum absolute atomic E-state index is 13.8. The molecule has 1 aliphatic rings. The third-order valence-corrected chi connectivity index (χ3v) is 4.81. The van der Waals surface area contributed by atoms with Crippen molar-refractivity contribution in [1.82, 2.24) is 14.9 Å². The highest BCUT2D eigenvalue weighted by molar-refractivity contribution is 5.77. The van der Waals surface area contributed by atoms with E-state index in [0.29, 0.717) is 6.54 Å². The van der Waals surface area contributed by atoms with Crippen molar-refractivity contribution < 1.29 is 4.39 Å². The Morgan fingerprint density at radius 2 is 1.92 bits per heavy atom. The molecule has 2 aromatic carbocycles. The second-order valence-corrected chi connectivity index (χ2v) is 7.48. The molecule has 1 aliphatic heterocycles. The van der Waals surface area contributed by atoms with Crippen molar-refractivity contribution in [1.29, 1.82) is 0 Å². The number of anilines is 2. The van der Waals surface area contributed by atoms with Gasteiger partial charge in [-0.1, -0.05) is 29.8 Å². The lowest BCUT2D eigenvalue weighted by molar-refractivity contribution is 0.290. The molecule has 2 N–H and O–H groups in total. The number of aryl methyl sites for hydroxylation is 1. The van der Waals surface area contributed by atoms with Crippen LogP contribution in [0.5, 0.6) is 0 Å². The Labute approximate surface area is 153 Å². The van der Waals surface area contributed by atoms with Crippen LogP contribution in [-0.4, -0.2) is 16.1 Å². The predicted molar refractivity (Wildman–Crippen MR) is 103 cm³/mol. The molecule has 0 aliphatic carbocycles. The van der Waals surface area contributed by atoms with Crippen LogP contribution in [0.1, 0.15) is 25.2 Å². The molecule has 5 heteroatoms. The number of aromatic nitrogens is 2. The number of halogens is 1. The Bertz CT molecular complexity index is 941. The summed E-state index contributed by atoms with van der Waals surface area (Å²) in [5.74, 6) is 1.60. The normalized spacial score (nSPS) is 15.5. The Hall–Kier alpha value is -2.66. The number of rotatable bonds is 3. The molecule has 0 radical (unpaired) electrons. The lowest BCUT2D eigenvalue weighted by atomic mass is 10.0. The highest BCUT2D eigenvalue weighted by atomic mass is 19.1. The smallest absolute Gasteiger partial charge is 0.139 e. The SMILES string of the molecule is Cc1ccc(Nc2c(-c3cccc(F)c3)nc3n2C(C)(C)CNC3)cc1. The lowest BCUT2D eigenvalue weighted by Gasteiger charge is -2.35. The van der Waals surface area contributed by atoms with Gasteiger partial charge in [-0.05, 0) is 45.0 Å². The number of nitrogens with zero attached hydrogens (tertiary/aromatic N) is 2. The fourth-order valence-corrected chi connectivity index (χ4v) is 3.52. The van der Waals surface area contributed by atoms with E-state index in [-0.39, 0.29) is 11.4 Å². The molecule has 1 aromatic heterocycles. The predicted octanol–water partition coefficient (Wildman–Crippen LogP) is 4.58. The van der Waals surface area contributed by atoms with Crippen LogP contribution in [0.3, 0.4) is 0 Å². The first kappa shape index (κ1) is 16.8. The van der Waals surface area contributed by atoms with E-state index in [0.717, 1.165) is 35.1 Å². The minimum Gasteiger partial charge on any atom is -0.340 e. The van der Waals surface area contributed by atoms with Gasteiger partial charge < -0.3 is 15.2 Å². The Morgan fingerprint density at radius 3 is 2.65 bits per heavy atom. The summed E-state index contributed by atoms with van der Waals surface area (Å²) in [6.45, 7) is 7.97. The summed E-state index contributed by atoms with van der Waals surface area (Å²) in [5, 5.41) is 6.95. The molecule has 0 saturated carbocycles. The van der Waals surface area contributed by atoms with Crippen LogP contribution >= 0.6 is 0 Å². The molecule has 3 aromatic rings. The standard InChI is InChI=1S/C21H23FN4/c1-14-7-9-17(10-8-14)24-20-19(15-5-4-6-16(22)11-15)25-18-12-23-13-21(2,3)26(18)20/h4-11,23-24H,12-13H2,1-3H3. The van der Waals surface area contributed by atoms with Crippen LogP contribution in [0.2, 0.25) is 0 Å². The van der Waals surface area contributed by atoms with Gasteiger partial charge in [-0.3, -0.25) is 0 Å². The highest BCUT2D eigenvalue weighted by Gasteiger charge is 2.32. The quantitative estimate of drug-likeness (QED) is 0.726. The monoisotopic (exact) mass is 350 g/mol. The van der Waals surface area contributed by atoms with E-state index >= 15 is 0 Å². The third kappa shape index (κ3) is 2.99. The van der Waals surface area contributed by atoms with Gasteiger partial charge in [-0.15, -0.1) is 0 Å². The second-order valence-electron chi connectivity index (χ2n) is 7.48. The summed E-state index contributed by atoms with van der Waals surface area (Å²) in [6.07, 6.45) is 0. The van der Waals surface area contributed by atoms with Crippen molar-refractivity contribution in [2.75, 3.05) is 11.9 Å². The maximum atomic E-state index is 13.8. The average Bonchev–Trinajstić information content (AvgIpc) is 2.97. The topological polar surface area (TPSA) is 41.9 Å². The molecule has 0 unspecified atom stereocenters. The Balaban J connectivity index is 1.88. The fourth-order valence-electron chi connectivity index (χ4n) is 3.52. The minimum absolute atomic E-state index is 0.140. The van der Waals surface area contributed by atoms with Crippen molar-refractivity contribution in [2.45, 2.75) is 32.9 Å². The van der Waals surface area contributed by atoms with Crippen molar-refractivity contribution >= 4 is 11.5 Å². The number of hydrogen-bond acceptors (Lipinski definition) is 3. The van der Waals surface area contributed by atoms with E-state index in [2.05, 4.69) is 60.2 Å². The molecule has 0 spiro atoms. The zero-order valence-corrected chi connectivity index (χ0v) is 15.3. The van der Waals surface area contributed by atoms with E-state index in [9.17, 15) is 4.39 Å². The second kappa shape index (κ2) is 6.25. The van der Waals surface area contributed by atoms with Crippen molar-refractivity contribution in [2.24, 2.45) is 0 Å². The number of benzene rings is 2. The van der Waals surface area contributed by atoms with Crippen LogP contribution in [0.4, 0.5) is 15.9 Å². The molecule has 0 bridgehead atoms. The maximum Gasteiger partial charge on any atom is 0.139 e. The van der Waals surface area contributed by atoms with Gasteiger partial charge in [-0.2, -0.15) is 0 Å². The van der Waals surface area contributed by atoms with E-state index in [1.54, 1.807) is 6.07 Å². The number of hydrogen-bond donors (Lipinski definition) is 2. The van der Waals surface area contributed by atoms with Crippen LogP contribution in [0.25, 0.3) is 11.3 Å². The van der Waals surface area contributed by atoms with E-state index in [1.165, 1.54) is 17.7 Å². The molecule has 0 atom stereocenters. The summed E-state index contributed by atoms with van der Waals surface area (Å²) < 4.78 is 16.1. The highest BCUT2D eigenvalue weighted by Crippen LogP contribution is 2.37. The molecule has 2 heterocycles. The summed E-state index contributed by atoms with van der Waals surface area (Å²) >= 11 is 0. The number of nitrogens with one attached hydrogen (secondary N) is 2. The first-order valence-electron chi connectivity index (χ1n) is 8.86. The zero-order chi connectivity index (χ0) is 18.3. The van der Waals surface area contributed by atoms with Crippen LogP contribution in [0.15, 0.2) is 48.5 Å². The summed E-state index contributed by atoms with van der Waals surface area (Å²) in [7, 11) is 0. The van der Waals surface area contributed by atoms with E-state index < -0.39 is 0 Å². The molecule has 4 rings (SSSR count). The molecule has 0 fully saturated rings.